The second kappa shape index (κ2) is 19.9. The van der Waals surface area contributed by atoms with Gasteiger partial charge in [-0.1, -0.05) is 34.8 Å². The van der Waals surface area contributed by atoms with Crippen LogP contribution in [0.25, 0.3) is 32.7 Å². The van der Waals surface area contributed by atoms with Crippen LogP contribution in [0, 0.1) is 0 Å². The summed E-state index contributed by atoms with van der Waals surface area (Å²) < 4.78 is 4.67. The molecule has 0 fully saturated rings. The highest BCUT2D eigenvalue weighted by Crippen LogP contribution is 2.25. The topological polar surface area (TPSA) is 274 Å². The van der Waals surface area contributed by atoms with Gasteiger partial charge in [-0.3, -0.25) is 29.7 Å². The molecule has 6 aromatic rings. The molecule has 8 N–H and O–H groups in total. The number of carboxylic acids is 2. The number of hydrogen-bond donors (Lipinski definition) is 8. The predicted octanol–water partition coefficient (Wildman–Crippen LogP) is 5.87. The molecule has 18 nitrogen and oxygen atoms in total. The van der Waals surface area contributed by atoms with E-state index in [0.717, 1.165) is 41.8 Å². The molecule has 288 valence electrons. The van der Waals surface area contributed by atoms with E-state index in [1.54, 1.807) is 61.5 Å². The van der Waals surface area contributed by atoms with Crippen molar-refractivity contribution in [3.63, 3.8) is 0 Å². The summed E-state index contributed by atoms with van der Waals surface area (Å²) in [4.78, 5) is 66.0. The van der Waals surface area contributed by atoms with Gasteiger partial charge < -0.3 is 30.9 Å². The molecule has 56 heavy (non-hydrogen) atoms. The first-order chi connectivity index (χ1) is 26.7. The number of aromatic amines is 3. The minimum Gasteiger partial charge on any atom is -0.478 e. The highest BCUT2D eigenvalue weighted by molar-refractivity contribution is 6.32. The summed E-state index contributed by atoms with van der Waals surface area (Å²) in [6.07, 6.45) is 5.48. The number of fused-ring (bicyclic) bond motifs is 3. The lowest BCUT2D eigenvalue weighted by Crippen LogP contribution is -2.10. The number of carboxylic acid groups (broad SMARTS) is 2. The van der Waals surface area contributed by atoms with Crippen LogP contribution in [0.2, 0.25) is 15.1 Å². The number of ether oxygens (including phenoxy) is 1. The minimum atomic E-state index is -1.19. The second-order valence-electron chi connectivity index (χ2n) is 10.7. The van der Waals surface area contributed by atoms with Crippen molar-refractivity contribution in [2.75, 3.05) is 22.6 Å². The third-order valence-corrected chi connectivity index (χ3v) is 7.42. The molecule has 3 amide bonds. The smallest absolute Gasteiger partial charge is 0.330 e. The van der Waals surface area contributed by atoms with E-state index in [0.29, 0.717) is 59.8 Å². The maximum Gasteiger partial charge on any atom is 0.330 e. The van der Waals surface area contributed by atoms with Crippen molar-refractivity contribution >= 4 is 121 Å². The van der Waals surface area contributed by atoms with Crippen molar-refractivity contribution in [2.45, 2.75) is 6.92 Å². The maximum absolute atomic E-state index is 11.6. The lowest BCUT2D eigenvalue weighted by Gasteiger charge is -1.98. The van der Waals surface area contributed by atoms with Crippen LogP contribution in [0.1, 0.15) is 6.92 Å². The Balaban J connectivity index is 0.000000187. The van der Waals surface area contributed by atoms with E-state index in [1.807, 2.05) is 0 Å². The zero-order chi connectivity index (χ0) is 40.8. The third kappa shape index (κ3) is 12.5. The van der Waals surface area contributed by atoms with Gasteiger partial charge in [0.15, 0.2) is 17.5 Å². The van der Waals surface area contributed by atoms with Crippen LogP contribution in [-0.2, 0) is 33.5 Å². The molecule has 0 unspecified atom stereocenters. The standard InChI is InChI=1S/C13H12ClN3O3.2C11H8ClN3O3/c1-2-20-12(19)6-5-11(18)15-13-9-4-3-8(14)7-10(9)16-17-13;2*12-6-1-2-7-8(5-6)14-15-11(7)13-9(16)3-4-10(17)18/h3-7H,2H2,1H3,(H2,15,16,17,18);2*1-5H,(H,17,18)(H2,13,14,15,16)/b6-5+;4-3+;4-3-. The van der Waals surface area contributed by atoms with Gasteiger partial charge in [-0.15, -0.1) is 0 Å². The summed E-state index contributed by atoms with van der Waals surface area (Å²) >= 11 is 17.5. The second-order valence-corrected chi connectivity index (χ2v) is 12.0. The zero-order valence-electron chi connectivity index (χ0n) is 28.6. The third-order valence-electron chi connectivity index (χ3n) is 6.71. The molecule has 0 bridgehead atoms. The van der Waals surface area contributed by atoms with Crippen molar-refractivity contribution in [1.29, 1.82) is 0 Å². The Labute approximate surface area is 329 Å². The van der Waals surface area contributed by atoms with Crippen LogP contribution in [0.5, 0.6) is 0 Å². The van der Waals surface area contributed by atoms with Crippen molar-refractivity contribution in [2.24, 2.45) is 0 Å². The van der Waals surface area contributed by atoms with Gasteiger partial charge in [0.2, 0.25) is 17.7 Å². The number of H-pyrrole nitrogens is 3. The Morgan fingerprint density at radius 3 is 1.20 bits per heavy atom. The van der Waals surface area contributed by atoms with Crippen LogP contribution >= 0.6 is 34.8 Å². The van der Waals surface area contributed by atoms with Crippen LogP contribution < -0.4 is 16.0 Å². The highest BCUT2D eigenvalue weighted by atomic mass is 35.5. The number of aliphatic carboxylic acids is 2. The molecule has 0 spiro atoms. The van der Waals surface area contributed by atoms with Gasteiger partial charge >= 0.3 is 17.9 Å². The number of rotatable bonds is 10. The summed E-state index contributed by atoms with van der Waals surface area (Å²) in [6.45, 7) is 1.95. The van der Waals surface area contributed by atoms with Gasteiger partial charge in [0.05, 0.1) is 23.2 Å². The molecule has 3 aromatic carbocycles. The van der Waals surface area contributed by atoms with Gasteiger partial charge in [0, 0.05) is 67.7 Å². The molecule has 0 aliphatic carbocycles. The zero-order valence-corrected chi connectivity index (χ0v) is 30.9. The summed E-state index contributed by atoms with van der Waals surface area (Å²) in [5.41, 5.74) is 2.07. The average Bonchev–Trinajstić information content (AvgIpc) is 3.86. The van der Waals surface area contributed by atoms with E-state index in [9.17, 15) is 28.8 Å². The molecule has 0 saturated carbocycles. The van der Waals surface area contributed by atoms with Crippen LogP contribution in [0.4, 0.5) is 17.5 Å². The van der Waals surface area contributed by atoms with Gasteiger partial charge in [-0.05, 0) is 61.5 Å². The largest absolute Gasteiger partial charge is 0.478 e. The Hall–Kier alpha value is -7.02. The van der Waals surface area contributed by atoms with E-state index in [-0.39, 0.29) is 6.61 Å². The van der Waals surface area contributed by atoms with Gasteiger partial charge in [0.1, 0.15) is 0 Å². The number of amides is 3. The molecular formula is C35H28Cl3N9O9. The summed E-state index contributed by atoms with van der Waals surface area (Å²) in [5.74, 6) is -3.55. The van der Waals surface area contributed by atoms with E-state index >= 15 is 0 Å². The lowest BCUT2D eigenvalue weighted by molar-refractivity contribution is -0.137. The first kappa shape index (κ1) is 41.7. The molecule has 21 heteroatoms. The molecule has 0 radical (unpaired) electrons. The number of nitrogens with one attached hydrogen (secondary N) is 6. The molecular weight excluding hydrogens is 797 g/mol. The SMILES string of the molecule is CCOC(=O)/C=C/C(=O)Nc1n[nH]c2cc(Cl)ccc12.O=C(O)/C=C/C(=O)Nc1n[nH]c2cc(Cl)ccc12.O=C(O)/C=C\C(=O)Nc1n[nH]c2cc(Cl)ccc12. The molecule has 3 heterocycles. The van der Waals surface area contributed by atoms with Crippen LogP contribution in [0.3, 0.4) is 0 Å². The summed E-state index contributed by atoms with van der Waals surface area (Å²) in [6, 6.07) is 15.2. The fraction of sp³-hybridized carbons (Fsp3) is 0.0571. The Kier molecular flexibility index (Phi) is 14.8. The number of aromatic nitrogens is 6. The number of halogens is 3. The van der Waals surface area contributed by atoms with Crippen LogP contribution in [0.15, 0.2) is 91.1 Å². The van der Waals surface area contributed by atoms with Crippen molar-refractivity contribution in [3.8, 4) is 0 Å². The quantitative estimate of drug-likeness (QED) is 0.0596. The molecule has 6 rings (SSSR count). The van der Waals surface area contributed by atoms with Crippen molar-refractivity contribution in [1.82, 2.24) is 30.6 Å². The van der Waals surface area contributed by atoms with Gasteiger partial charge in [-0.2, -0.15) is 15.3 Å². The molecule has 3 aromatic heterocycles. The number of anilines is 3. The van der Waals surface area contributed by atoms with Crippen molar-refractivity contribution in [3.05, 3.63) is 106 Å². The Bertz CT molecular complexity index is 2410. The number of benzene rings is 3. The molecule has 0 saturated heterocycles. The fourth-order valence-corrected chi connectivity index (χ4v) is 4.88. The normalized spacial score (nSPS) is 10.9. The Morgan fingerprint density at radius 2 is 0.893 bits per heavy atom. The van der Waals surface area contributed by atoms with Crippen molar-refractivity contribution < 1.29 is 43.7 Å². The Morgan fingerprint density at radius 1 is 0.571 bits per heavy atom. The number of carbonyl (C=O) groups excluding carboxylic acids is 4. The van der Waals surface area contributed by atoms with E-state index in [2.05, 4.69) is 51.3 Å². The lowest BCUT2D eigenvalue weighted by atomic mass is 10.2. The highest BCUT2D eigenvalue weighted by Gasteiger charge is 2.11. The van der Waals surface area contributed by atoms with E-state index < -0.39 is 35.6 Å². The van der Waals surface area contributed by atoms with Gasteiger partial charge in [0.25, 0.3) is 0 Å². The molecule has 0 aliphatic heterocycles. The van der Waals surface area contributed by atoms with Crippen LogP contribution in [-0.4, -0.2) is 83.0 Å². The minimum absolute atomic E-state index is 0.259. The number of hydrogen-bond acceptors (Lipinski definition) is 10. The summed E-state index contributed by atoms with van der Waals surface area (Å²) in [5, 5.41) is 48.0. The number of nitrogens with zero attached hydrogens (tertiary/aromatic N) is 3. The fourth-order valence-electron chi connectivity index (χ4n) is 4.36. The average molecular weight is 825 g/mol. The van der Waals surface area contributed by atoms with Gasteiger partial charge in [-0.25, -0.2) is 14.4 Å². The first-order valence-corrected chi connectivity index (χ1v) is 16.9. The summed E-state index contributed by atoms with van der Waals surface area (Å²) in [7, 11) is 0. The number of carbonyl (C=O) groups is 6. The molecule has 0 aliphatic rings. The number of esters is 1. The van der Waals surface area contributed by atoms with E-state index in [1.165, 1.54) is 0 Å². The maximum atomic E-state index is 11.6. The molecule has 0 atom stereocenters. The monoisotopic (exact) mass is 823 g/mol. The first-order valence-electron chi connectivity index (χ1n) is 15.7. The predicted molar refractivity (Wildman–Crippen MR) is 209 cm³/mol. The van der Waals surface area contributed by atoms with E-state index in [4.69, 9.17) is 45.0 Å².